The van der Waals surface area contributed by atoms with Gasteiger partial charge in [0.2, 0.25) is 5.91 Å². The zero-order chi connectivity index (χ0) is 12.7. The van der Waals surface area contributed by atoms with Gasteiger partial charge in [0.1, 0.15) is 0 Å². The molecule has 1 saturated heterocycles. The maximum absolute atomic E-state index is 12.7. The zero-order valence-corrected chi connectivity index (χ0v) is 11.7. The van der Waals surface area contributed by atoms with E-state index < -0.39 is 0 Å². The van der Waals surface area contributed by atoms with Crippen molar-refractivity contribution in [3.05, 3.63) is 0 Å². The van der Waals surface area contributed by atoms with E-state index in [0.717, 1.165) is 58.3 Å². The Morgan fingerprint density at radius 2 is 2.06 bits per heavy atom. The third-order valence-electron chi connectivity index (χ3n) is 3.88. The second kappa shape index (κ2) is 7.00. The minimum absolute atomic E-state index is 0.0987. The molecule has 1 N–H and O–H groups in total. The number of nitrogens with one attached hydrogen (secondary N) is 1. The Morgan fingerprint density at radius 1 is 1.29 bits per heavy atom. The third kappa shape index (κ3) is 3.44. The lowest BCUT2D eigenvalue weighted by Crippen LogP contribution is -2.45. The van der Waals surface area contributed by atoms with E-state index >= 15 is 0 Å². The smallest absolute Gasteiger partial charge is 0.230 e. The van der Waals surface area contributed by atoms with Gasteiger partial charge in [0.15, 0.2) is 0 Å². The van der Waals surface area contributed by atoms with Crippen molar-refractivity contribution in [3.8, 4) is 0 Å². The van der Waals surface area contributed by atoms with Crippen molar-refractivity contribution in [2.45, 2.75) is 52.9 Å². The molecule has 1 rings (SSSR count). The highest BCUT2D eigenvalue weighted by atomic mass is 16.2. The molecule has 0 radical (unpaired) electrons. The lowest BCUT2D eigenvalue weighted by Gasteiger charge is -2.33. The van der Waals surface area contributed by atoms with Gasteiger partial charge >= 0.3 is 0 Å². The number of hydrogen-bond donors (Lipinski definition) is 1. The highest BCUT2D eigenvalue weighted by molar-refractivity contribution is 5.83. The van der Waals surface area contributed by atoms with E-state index in [-0.39, 0.29) is 5.41 Å². The number of nitrogens with zero attached hydrogens (tertiary/aromatic N) is 1. The van der Waals surface area contributed by atoms with Crippen LogP contribution in [0.1, 0.15) is 52.9 Å². The Hall–Kier alpha value is -0.570. The number of hydrogen-bond acceptors (Lipinski definition) is 2. The minimum Gasteiger partial charge on any atom is -0.342 e. The highest BCUT2D eigenvalue weighted by Crippen LogP contribution is 2.33. The van der Waals surface area contributed by atoms with Crippen molar-refractivity contribution in [2.75, 3.05) is 26.2 Å². The van der Waals surface area contributed by atoms with E-state index in [4.69, 9.17) is 0 Å². The van der Waals surface area contributed by atoms with Gasteiger partial charge in [-0.25, -0.2) is 0 Å². The summed E-state index contributed by atoms with van der Waals surface area (Å²) >= 11 is 0. The number of amides is 1. The van der Waals surface area contributed by atoms with Crippen molar-refractivity contribution in [1.82, 2.24) is 10.2 Å². The summed E-state index contributed by atoms with van der Waals surface area (Å²) in [5.41, 5.74) is -0.0987. The van der Waals surface area contributed by atoms with Crippen molar-refractivity contribution >= 4 is 5.91 Å². The molecule has 1 heterocycles. The second-order valence-electron chi connectivity index (χ2n) is 5.20. The number of carbonyl (C=O) groups excluding carboxylic acids is 1. The number of rotatable bonds is 7. The summed E-state index contributed by atoms with van der Waals surface area (Å²) in [6.07, 6.45) is 5.42. The van der Waals surface area contributed by atoms with Gasteiger partial charge in [-0.1, -0.05) is 26.7 Å². The summed E-state index contributed by atoms with van der Waals surface area (Å²) in [6, 6.07) is 0. The molecule has 0 saturated carbocycles. The SMILES string of the molecule is CCCCN(CC)C(=O)C1(CCC)CCNC1. The van der Waals surface area contributed by atoms with Crippen LogP contribution in [0, 0.1) is 5.41 Å². The average molecular weight is 240 g/mol. The normalized spacial score (nSPS) is 23.9. The second-order valence-corrected chi connectivity index (χ2v) is 5.20. The van der Waals surface area contributed by atoms with Crippen molar-refractivity contribution < 1.29 is 4.79 Å². The maximum Gasteiger partial charge on any atom is 0.230 e. The Bertz CT molecular complexity index is 234. The van der Waals surface area contributed by atoms with Crippen LogP contribution >= 0.6 is 0 Å². The Kier molecular flexibility index (Phi) is 5.96. The molecule has 1 aliphatic heterocycles. The average Bonchev–Trinajstić information content (AvgIpc) is 2.80. The molecule has 1 unspecified atom stereocenters. The van der Waals surface area contributed by atoms with Crippen LogP contribution in [0.2, 0.25) is 0 Å². The van der Waals surface area contributed by atoms with Crippen LogP contribution < -0.4 is 5.32 Å². The molecule has 0 aromatic heterocycles. The maximum atomic E-state index is 12.7. The summed E-state index contributed by atoms with van der Waals surface area (Å²) in [5.74, 6) is 0.389. The summed E-state index contributed by atoms with van der Waals surface area (Å²) in [6.45, 7) is 10.1. The van der Waals surface area contributed by atoms with Crippen molar-refractivity contribution in [1.29, 1.82) is 0 Å². The third-order valence-corrected chi connectivity index (χ3v) is 3.88. The first kappa shape index (κ1) is 14.5. The number of carbonyl (C=O) groups is 1. The quantitative estimate of drug-likeness (QED) is 0.741. The molecule has 1 fully saturated rings. The van der Waals surface area contributed by atoms with Gasteiger partial charge in [-0.3, -0.25) is 4.79 Å². The fourth-order valence-electron chi connectivity index (χ4n) is 2.81. The van der Waals surface area contributed by atoms with E-state index in [9.17, 15) is 4.79 Å². The molecule has 100 valence electrons. The van der Waals surface area contributed by atoms with Crippen molar-refractivity contribution in [2.24, 2.45) is 5.41 Å². The summed E-state index contributed by atoms with van der Waals surface area (Å²) in [4.78, 5) is 14.7. The lowest BCUT2D eigenvalue weighted by molar-refractivity contribution is -0.141. The molecule has 1 aliphatic rings. The molecule has 0 aromatic rings. The van der Waals surface area contributed by atoms with Gasteiger partial charge in [0, 0.05) is 19.6 Å². The van der Waals surface area contributed by atoms with E-state index in [1.807, 2.05) is 0 Å². The molecule has 1 amide bonds. The summed E-state index contributed by atoms with van der Waals surface area (Å²) < 4.78 is 0. The van der Waals surface area contributed by atoms with E-state index in [2.05, 4.69) is 31.0 Å². The Morgan fingerprint density at radius 3 is 2.53 bits per heavy atom. The fourth-order valence-corrected chi connectivity index (χ4v) is 2.81. The predicted molar refractivity (Wildman–Crippen MR) is 72.0 cm³/mol. The fraction of sp³-hybridized carbons (Fsp3) is 0.929. The van der Waals surface area contributed by atoms with Gasteiger partial charge in [-0.05, 0) is 32.7 Å². The number of unbranched alkanes of at least 4 members (excludes halogenated alkanes) is 1. The minimum atomic E-state index is -0.0987. The monoisotopic (exact) mass is 240 g/mol. The van der Waals surface area contributed by atoms with Gasteiger partial charge in [0.25, 0.3) is 0 Å². The molecule has 3 nitrogen and oxygen atoms in total. The molecule has 0 bridgehead atoms. The van der Waals surface area contributed by atoms with Gasteiger partial charge in [0.05, 0.1) is 5.41 Å². The van der Waals surface area contributed by atoms with Gasteiger partial charge < -0.3 is 10.2 Å². The molecule has 1 atom stereocenters. The summed E-state index contributed by atoms with van der Waals surface area (Å²) in [5, 5.41) is 3.37. The van der Waals surface area contributed by atoms with Crippen LogP contribution in [-0.2, 0) is 4.79 Å². The van der Waals surface area contributed by atoms with Gasteiger partial charge in [-0.2, -0.15) is 0 Å². The van der Waals surface area contributed by atoms with Crippen LogP contribution in [0.3, 0.4) is 0 Å². The largest absolute Gasteiger partial charge is 0.342 e. The lowest BCUT2D eigenvalue weighted by atomic mass is 9.81. The molecular formula is C14H28N2O. The highest BCUT2D eigenvalue weighted by Gasteiger charge is 2.42. The van der Waals surface area contributed by atoms with Gasteiger partial charge in [-0.15, -0.1) is 0 Å². The molecule has 0 aromatic carbocycles. The van der Waals surface area contributed by atoms with Crippen LogP contribution in [-0.4, -0.2) is 37.0 Å². The summed E-state index contributed by atoms with van der Waals surface area (Å²) in [7, 11) is 0. The first-order valence-corrected chi connectivity index (χ1v) is 7.20. The standard InChI is InChI=1S/C14H28N2O/c1-4-7-11-16(6-3)13(17)14(8-5-2)9-10-15-12-14/h15H,4-12H2,1-3H3. The van der Waals surface area contributed by atoms with E-state index in [1.54, 1.807) is 0 Å². The van der Waals surface area contributed by atoms with Crippen LogP contribution in [0.15, 0.2) is 0 Å². The van der Waals surface area contributed by atoms with Crippen LogP contribution in [0.5, 0.6) is 0 Å². The first-order chi connectivity index (χ1) is 8.20. The molecule has 17 heavy (non-hydrogen) atoms. The Balaban J connectivity index is 2.68. The first-order valence-electron chi connectivity index (χ1n) is 7.20. The van der Waals surface area contributed by atoms with Crippen LogP contribution in [0.4, 0.5) is 0 Å². The van der Waals surface area contributed by atoms with Crippen molar-refractivity contribution in [3.63, 3.8) is 0 Å². The molecule has 3 heteroatoms. The van der Waals surface area contributed by atoms with Crippen LogP contribution in [0.25, 0.3) is 0 Å². The predicted octanol–water partition coefficient (Wildman–Crippen LogP) is 2.41. The zero-order valence-electron chi connectivity index (χ0n) is 11.7. The van der Waals surface area contributed by atoms with E-state index in [0.29, 0.717) is 5.91 Å². The molecule has 0 aliphatic carbocycles. The molecular weight excluding hydrogens is 212 g/mol. The Labute approximate surface area is 106 Å². The topological polar surface area (TPSA) is 32.3 Å². The molecule has 0 spiro atoms. The van der Waals surface area contributed by atoms with E-state index in [1.165, 1.54) is 0 Å².